The highest BCUT2D eigenvalue weighted by molar-refractivity contribution is 6.01. The zero-order chi connectivity index (χ0) is 40.0. The van der Waals surface area contributed by atoms with E-state index in [1.54, 1.807) is 12.1 Å². The van der Waals surface area contributed by atoms with Gasteiger partial charge in [-0.05, 0) is 164 Å². The highest BCUT2D eigenvalue weighted by Crippen LogP contribution is 2.77. The summed E-state index contributed by atoms with van der Waals surface area (Å²) in [5, 5.41) is 22.2. The van der Waals surface area contributed by atoms with Gasteiger partial charge in [-0.1, -0.05) is 78.7 Å². The number of allylic oxidation sites excluding steroid dienone is 3. The zero-order valence-electron chi connectivity index (χ0n) is 35.6. The SMILES string of the molecule is CC(C)C1=C2[C@H]3CC[C@@H]4[C@@]5(C)CC=C(c6ccc(C(=O)O)cc6)C(C)(C)[C@H]5CC[C@@]4(C)[C@]3(C)CC[C@@]2([C@@H](O)CN(CC2CCC2)C(=O)CN2CCCC2)CC1=O. The van der Waals surface area contributed by atoms with Crippen molar-refractivity contribution >= 4 is 23.2 Å². The summed E-state index contributed by atoms with van der Waals surface area (Å²) in [6.45, 7) is 20.4. The number of aliphatic hydroxyl groups is 1. The number of amides is 1. The standard InChI is InChI=1S/C49H70N2O5/c1-31(2)42-37(52)27-49(40(53)29-51(28-32-11-10-12-32)41(54)30-50-25-8-9-26-50)24-23-47(6)36(43(42)49)17-18-39-46(5)21-19-35(33-13-15-34(16-14-33)44(55)56)45(3,4)38(46)20-22-48(39,47)7/h13-16,19,31-32,36,38-40,53H,8-12,17-18,20-30H2,1-7H3,(H,55,56)/t36-,38-,39-,40+,46+,47-,48-,49+/m1/s1. The number of ketones is 1. The van der Waals surface area contributed by atoms with E-state index in [0.717, 1.165) is 101 Å². The molecule has 1 amide bonds. The zero-order valence-corrected chi connectivity index (χ0v) is 35.6. The van der Waals surface area contributed by atoms with Gasteiger partial charge in [-0.15, -0.1) is 0 Å². The van der Waals surface area contributed by atoms with Crippen LogP contribution in [-0.4, -0.2) is 76.5 Å². The maximum Gasteiger partial charge on any atom is 0.335 e. The summed E-state index contributed by atoms with van der Waals surface area (Å²) in [5.41, 5.74) is 4.61. The van der Waals surface area contributed by atoms with Gasteiger partial charge in [0.05, 0.1) is 18.2 Å². The first-order valence-corrected chi connectivity index (χ1v) is 22.5. The Balaban J connectivity index is 1.10. The van der Waals surface area contributed by atoms with E-state index in [-0.39, 0.29) is 45.2 Å². The number of nitrogens with zero attached hydrogens (tertiary/aromatic N) is 2. The lowest BCUT2D eigenvalue weighted by Gasteiger charge is -2.71. The quantitative estimate of drug-likeness (QED) is 0.246. The number of carboxylic acids is 1. The predicted molar refractivity (Wildman–Crippen MR) is 222 cm³/mol. The minimum atomic E-state index is -0.890. The Bertz CT molecular complexity index is 1800. The van der Waals surface area contributed by atoms with Crippen molar-refractivity contribution in [3.05, 3.63) is 52.6 Å². The fraction of sp³-hybridized carbons (Fsp3) is 0.735. The van der Waals surface area contributed by atoms with Crippen LogP contribution in [0.25, 0.3) is 5.57 Å². The molecule has 8 rings (SSSR count). The summed E-state index contributed by atoms with van der Waals surface area (Å²) in [5.74, 6) is 1.38. The van der Waals surface area contributed by atoms with Crippen molar-refractivity contribution < 1.29 is 24.6 Å². The van der Waals surface area contributed by atoms with E-state index in [1.165, 1.54) is 17.6 Å². The first-order chi connectivity index (χ1) is 26.5. The van der Waals surface area contributed by atoms with Crippen LogP contribution in [0.15, 0.2) is 41.5 Å². The number of fused-ring (bicyclic) bond motifs is 7. The maximum absolute atomic E-state index is 14.3. The van der Waals surface area contributed by atoms with Crippen LogP contribution in [0.4, 0.5) is 0 Å². The van der Waals surface area contributed by atoms with Gasteiger partial charge in [0.15, 0.2) is 5.78 Å². The Kier molecular flexibility index (Phi) is 10.2. The fourth-order valence-electron chi connectivity index (χ4n) is 14.9. The van der Waals surface area contributed by atoms with E-state index in [4.69, 9.17) is 0 Å². The highest BCUT2D eigenvalue weighted by atomic mass is 16.4. The van der Waals surface area contributed by atoms with Crippen LogP contribution in [0.2, 0.25) is 0 Å². The van der Waals surface area contributed by atoms with Crippen molar-refractivity contribution in [3.63, 3.8) is 0 Å². The summed E-state index contributed by atoms with van der Waals surface area (Å²) in [6, 6.07) is 7.49. The second-order valence-electron chi connectivity index (χ2n) is 21.4. The van der Waals surface area contributed by atoms with E-state index in [2.05, 4.69) is 59.4 Å². The topological polar surface area (TPSA) is 98.2 Å². The molecule has 7 aliphatic rings. The summed E-state index contributed by atoms with van der Waals surface area (Å²) in [4.78, 5) is 44.2. The first-order valence-electron chi connectivity index (χ1n) is 22.5. The Morgan fingerprint density at radius 2 is 1.57 bits per heavy atom. The number of hydrogen-bond acceptors (Lipinski definition) is 5. The molecule has 56 heavy (non-hydrogen) atoms. The molecule has 1 aromatic rings. The van der Waals surface area contributed by atoms with Crippen LogP contribution in [0, 0.1) is 56.7 Å². The molecule has 5 fully saturated rings. The molecule has 8 atom stereocenters. The largest absolute Gasteiger partial charge is 0.478 e. The molecule has 1 aromatic carbocycles. The van der Waals surface area contributed by atoms with Gasteiger partial charge in [0, 0.05) is 24.9 Å². The molecule has 4 saturated carbocycles. The molecule has 1 heterocycles. The van der Waals surface area contributed by atoms with Gasteiger partial charge in [-0.2, -0.15) is 0 Å². The molecule has 6 aliphatic carbocycles. The van der Waals surface area contributed by atoms with Crippen LogP contribution in [0.3, 0.4) is 0 Å². The number of carbonyl (C=O) groups is 3. The smallest absolute Gasteiger partial charge is 0.335 e. The molecule has 0 unspecified atom stereocenters. The molecular weight excluding hydrogens is 697 g/mol. The van der Waals surface area contributed by atoms with E-state index < -0.39 is 17.5 Å². The van der Waals surface area contributed by atoms with Crippen LogP contribution in [0.1, 0.15) is 148 Å². The lowest BCUT2D eigenvalue weighted by atomic mass is 9.33. The molecule has 2 N–H and O–H groups in total. The van der Waals surface area contributed by atoms with Crippen molar-refractivity contribution in [2.45, 2.75) is 138 Å². The number of Topliss-reactive ketones (excluding diaryl/α,β-unsaturated/α-hetero) is 1. The van der Waals surface area contributed by atoms with Crippen molar-refractivity contribution in [2.24, 2.45) is 56.7 Å². The van der Waals surface area contributed by atoms with E-state index in [0.29, 0.717) is 42.8 Å². The van der Waals surface area contributed by atoms with Crippen LogP contribution in [0.5, 0.6) is 0 Å². The number of carboxylic acid groups (broad SMARTS) is 1. The van der Waals surface area contributed by atoms with Crippen LogP contribution in [-0.2, 0) is 9.59 Å². The molecular formula is C49H70N2O5. The lowest BCUT2D eigenvalue weighted by Crippen LogP contribution is -2.65. The summed E-state index contributed by atoms with van der Waals surface area (Å²) < 4.78 is 0. The minimum Gasteiger partial charge on any atom is -0.478 e. The maximum atomic E-state index is 14.3. The van der Waals surface area contributed by atoms with Gasteiger partial charge >= 0.3 is 5.97 Å². The average Bonchev–Trinajstić information content (AvgIpc) is 3.74. The minimum absolute atomic E-state index is 0.00873. The summed E-state index contributed by atoms with van der Waals surface area (Å²) >= 11 is 0. The van der Waals surface area contributed by atoms with Crippen molar-refractivity contribution in [3.8, 4) is 0 Å². The number of likely N-dealkylation sites (tertiary alicyclic amines) is 1. The Labute approximate surface area is 336 Å². The van der Waals surface area contributed by atoms with Crippen molar-refractivity contribution in [1.82, 2.24) is 9.80 Å². The second-order valence-corrected chi connectivity index (χ2v) is 21.4. The molecule has 0 aromatic heterocycles. The number of aliphatic hydroxyl groups excluding tert-OH is 1. The van der Waals surface area contributed by atoms with Crippen LogP contribution < -0.4 is 0 Å². The third-order valence-electron chi connectivity index (χ3n) is 18.1. The number of aromatic carboxylic acids is 1. The number of rotatable bonds is 10. The molecule has 306 valence electrons. The third-order valence-corrected chi connectivity index (χ3v) is 18.1. The highest BCUT2D eigenvalue weighted by Gasteiger charge is 2.70. The van der Waals surface area contributed by atoms with Crippen molar-refractivity contribution in [2.75, 3.05) is 32.7 Å². The lowest BCUT2D eigenvalue weighted by molar-refractivity contribution is -0.200. The first kappa shape index (κ1) is 40.0. The molecule has 1 aliphatic heterocycles. The monoisotopic (exact) mass is 767 g/mol. The van der Waals surface area contributed by atoms with Gasteiger partial charge in [0.1, 0.15) is 0 Å². The van der Waals surface area contributed by atoms with E-state index in [9.17, 15) is 24.6 Å². The van der Waals surface area contributed by atoms with Gasteiger partial charge in [-0.25, -0.2) is 4.79 Å². The average molecular weight is 767 g/mol. The Morgan fingerprint density at radius 1 is 0.875 bits per heavy atom. The number of benzene rings is 1. The molecule has 1 saturated heterocycles. The number of hydrogen-bond donors (Lipinski definition) is 2. The molecule has 0 spiro atoms. The molecule has 0 bridgehead atoms. The van der Waals surface area contributed by atoms with Gasteiger partial charge in [0.2, 0.25) is 5.91 Å². The normalized spacial score (nSPS) is 37.3. The molecule has 0 radical (unpaired) electrons. The predicted octanol–water partition coefficient (Wildman–Crippen LogP) is 9.44. The summed E-state index contributed by atoms with van der Waals surface area (Å²) in [7, 11) is 0. The van der Waals surface area contributed by atoms with Crippen LogP contribution >= 0.6 is 0 Å². The fourth-order valence-corrected chi connectivity index (χ4v) is 14.9. The summed E-state index contributed by atoms with van der Waals surface area (Å²) in [6.07, 6.45) is 15.2. The van der Waals surface area contributed by atoms with E-state index in [1.807, 2.05) is 17.0 Å². The van der Waals surface area contributed by atoms with Gasteiger partial charge < -0.3 is 15.1 Å². The number of carbonyl (C=O) groups excluding carboxylic acids is 2. The molecule has 7 nitrogen and oxygen atoms in total. The van der Waals surface area contributed by atoms with E-state index >= 15 is 0 Å². The van der Waals surface area contributed by atoms with Gasteiger partial charge in [-0.3, -0.25) is 14.5 Å². The Hall–Kier alpha value is -2.77. The second kappa shape index (κ2) is 14.2. The van der Waals surface area contributed by atoms with Gasteiger partial charge in [0.25, 0.3) is 0 Å². The Morgan fingerprint density at radius 3 is 2.20 bits per heavy atom. The molecule has 7 heteroatoms. The third kappa shape index (κ3) is 6.04. The van der Waals surface area contributed by atoms with Crippen molar-refractivity contribution in [1.29, 1.82) is 0 Å².